The van der Waals surface area contributed by atoms with Crippen molar-refractivity contribution in [2.45, 2.75) is 25.8 Å². The molecule has 3 N–H and O–H groups in total. The lowest BCUT2D eigenvalue weighted by molar-refractivity contribution is -0.661. The predicted octanol–water partition coefficient (Wildman–Crippen LogP) is 1.40. The minimum Gasteiger partial charge on any atom is -0.463 e. The molecule has 1 aliphatic carbocycles. The van der Waals surface area contributed by atoms with E-state index in [1.54, 1.807) is 17.6 Å². The molecule has 0 fully saturated rings. The Morgan fingerprint density at radius 2 is 2.43 bits per heavy atom. The summed E-state index contributed by atoms with van der Waals surface area (Å²) in [7, 11) is 0. The van der Waals surface area contributed by atoms with Crippen molar-refractivity contribution in [1.29, 1.82) is 5.26 Å². The van der Waals surface area contributed by atoms with Crippen LogP contribution in [0.2, 0.25) is 0 Å². The highest BCUT2D eigenvalue weighted by atomic mass is 32.1. The number of amides is 1. The van der Waals surface area contributed by atoms with Crippen LogP contribution in [0.15, 0.2) is 22.8 Å². The molecule has 0 atom stereocenters. The monoisotopic (exact) mass is 302 g/mol. The van der Waals surface area contributed by atoms with E-state index < -0.39 is 0 Å². The van der Waals surface area contributed by atoms with Crippen LogP contribution < -0.4 is 10.6 Å². The topological polar surface area (TPSA) is 82.6 Å². The maximum atomic E-state index is 12.0. The molecule has 0 unspecified atom stereocenters. The lowest BCUT2D eigenvalue weighted by atomic mass is 10.1. The minimum absolute atomic E-state index is 0.0852. The third-order valence-electron chi connectivity index (χ3n) is 3.54. The highest BCUT2D eigenvalue weighted by molar-refractivity contribution is 7.16. The van der Waals surface area contributed by atoms with Gasteiger partial charge in [-0.25, -0.2) is 0 Å². The summed E-state index contributed by atoms with van der Waals surface area (Å²) in [6, 6.07) is 5.94. The van der Waals surface area contributed by atoms with Crippen molar-refractivity contribution >= 4 is 22.2 Å². The minimum atomic E-state index is -0.0852. The van der Waals surface area contributed by atoms with E-state index in [1.807, 2.05) is 17.4 Å². The largest absolute Gasteiger partial charge is 0.463 e. The number of quaternary nitrogens is 1. The van der Waals surface area contributed by atoms with Gasteiger partial charge in [-0.05, 0) is 37.0 Å². The van der Waals surface area contributed by atoms with E-state index in [1.165, 1.54) is 4.88 Å². The summed E-state index contributed by atoms with van der Waals surface area (Å²) >= 11 is 1.55. The average molecular weight is 302 g/mol. The van der Waals surface area contributed by atoms with E-state index in [4.69, 9.17) is 4.42 Å². The lowest BCUT2D eigenvalue weighted by Crippen LogP contribution is -2.84. The van der Waals surface area contributed by atoms with Gasteiger partial charge in [0.15, 0.2) is 12.3 Å². The first kappa shape index (κ1) is 13.9. The molecule has 0 saturated carbocycles. The third kappa shape index (κ3) is 2.99. The average Bonchev–Trinajstić information content (AvgIpc) is 3.15. The number of nitrogens with one attached hydrogen (secondary N) is 1. The zero-order valence-electron chi connectivity index (χ0n) is 11.5. The molecule has 0 aromatic carbocycles. The molecule has 0 bridgehead atoms. The van der Waals surface area contributed by atoms with Gasteiger partial charge in [0.25, 0.3) is 5.91 Å². The highest BCUT2D eigenvalue weighted by Gasteiger charge is 2.23. The number of furan rings is 1. The van der Waals surface area contributed by atoms with Gasteiger partial charge in [-0.1, -0.05) is 0 Å². The first-order valence-corrected chi connectivity index (χ1v) is 7.78. The Balaban J connectivity index is 1.57. The Bertz CT molecular complexity index is 683. The van der Waals surface area contributed by atoms with Crippen LogP contribution >= 0.6 is 11.3 Å². The van der Waals surface area contributed by atoms with Gasteiger partial charge < -0.3 is 15.1 Å². The van der Waals surface area contributed by atoms with Crippen molar-refractivity contribution in [2.24, 2.45) is 0 Å². The van der Waals surface area contributed by atoms with Gasteiger partial charge in [0.05, 0.1) is 11.8 Å². The molecule has 0 spiro atoms. The van der Waals surface area contributed by atoms with Gasteiger partial charge in [-0.15, -0.1) is 11.3 Å². The van der Waals surface area contributed by atoms with Crippen LogP contribution in [0.4, 0.5) is 5.00 Å². The summed E-state index contributed by atoms with van der Waals surface area (Å²) < 4.78 is 5.21. The Kier molecular flexibility index (Phi) is 4.04. The van der Waals surface area contributed by atoms with Crippen LogP contribution in [0, 0.1) is 11.3 Å². The fourth-order valence-electron chi connectivity index (χ4n) is 2.56. The summed E-state index contributed by atoms with van der Waals surface area (Å²) in [4.78, 5) is 13.2. The van der Waals surface area contributed by atoms with Crippen molar-refractivity contribution < 1.29 is 14.5 Å². The molecule has 3 rings (SSSR count). The number of hydrogen-bond donors (Lipinski definition) is 2. The number of nitrogens with zero attached hydrogens (tertiary/aromatic N) is 1. The second-order valence-corrected chi connectivity index (χ2v) is 6.10. The van der Waals surface area contributed by atoms with Crippen LogP contribution in [0.5, 0.6) is 0 Å². The molecule has 1 aliphatic rings. The molecule has 0 radical (unpaired) electrons. The zero-order chi connectivity index (χ0) is 14.7. The van der Waals surface area contributed by atoms with Crippen molar-refractivity contribution in [1.82, 2.24) is 0 Å². The second kappa shape index (κ2) is 6.12. The number of aryl methyl sites for hydroxylation is 1. The summed E-state index contributed by atoms with van der Waals surface area (Å²) in [6.45, 7) is 0.945. The highest BCUT2D eigenvalue weighted by Crippen LogP contribution is 2.38. The summed E-state index contributed by atoms with van der Waals surface area (Å²) in [5.41, 5.74) is 1.80. The molecular weight excluding hydrogens is 286 g/mol. The predicted molar refractivity (Wildman–Crippen MR) is 78.9 cm³/mol. The van der Waals surface area contributed by atoms with Gasteiger partial charge in [-0.3, -0.25) is 4.79 Å². The number of carbonyl (C=O) groups is 1. The van der Waals surface area contributed by atoms with Gasteiger partial charge >= 0.3 is 0 Å². The number of thiophene rings is 1. The maximum absolute atomic E-state index is 12.0. The molecule has 2 aromatic heterocycles. The Labute approximate surface area is 126 Å². The number of nitrogens with two attached hydrogens (primary N) is 1. The van der Waals surface area contributed by atoms with Gasteiger partial charge in [-0.2, -0.15) is 5.26 Å². The smallest absolute Gasteiger partial charge is 0.280 e. The molecule has 5 nitrogen and oxygen atoms in total. The van der Waals surface area contributed by atoms with E-state index in [0.717, 1.165) is 30.6 Å². The molecule has 0 aliphatic heterocycles. The number of anilines is 1. The van der Waals surface area contributed by atoms with E-state index in [2.05, 4.69) is 11.4 Å². The SMILES string of the molecule is N#Cc1c(NC(=O)C[NH2+]Cc2ccco2)sc2c1CCC2. The van der Waals surface area contributed by atoms with Crippen molar-refractivity contribution in [3.05, 3.63) is 40.2 Å². The molecule has 1 amide bonds. The van der Waals surface area contributed by atoms with Gasteiger partial charge in [0, 0.05) is 4.88 Å². The first-order valence-electron chi connectivity index (χ1n) is 6.96. The van der Waals surface area contributed by atoms with Crippen LogP contribution in [0.1, 0.15) is 28.2 Å². The maximum Gasteiger partial charge on any atom is 0.280 e. The first-order chi connectivity index (χ1) is 10.3. The quantitative estimate of drug-likeness (QED) is 0.876. The van der Waals surface area contributed by atoms with E-state index in [9.17, 15) is 10.1 Å². The summed E-state index contributed by atoms with van der Waals surface area (Å²) in [5.74, 6) is 0.758. The van der Waals surface area contributed by atoms with Crippen LogP contribution in [0.25, 0.3) is 0 Å². The molecule has 2 aromatic rings. The molecule has 6 heteroatoms. The molecular formula is C15H16N3O2S+. The van der Waals surface area contributed by atoms with Crippen molar-refractivity contribution in [2.75, 3.05) is 11.9 Å². The zero-order valence-corrected chi connectivity index (χ0v) is 12.3. The van der Waals surface area contributed by atoms with E-state index in [-0.39, 0.29) is 5.91 Å². The summed E-state index contributed by atoms with van der Waals surface area (Å²) in [5, 5.41) is 14.7. The lowest BCUT2D eigenvalue weighted by Gasteiger charge is -2.03. The number of carbonyl (C=O) groups excluding carboxylic acids is 1. The van der Waals surface area contributed by atoms with Gasteiger partial charge in [0.2, 0.25) is 0 Å². The number of rotatable bonds is 5. The fourth-order valence-corrected chi connectivity index (χ4v) is 3.82. The molecule has 0 saturated heterocycles. The van der Waals surface area contributed by atoms with Crippen molar-refractivity contribution in [3.8, 4) is 6.07 Å². The second-order valence-electron chi connectivity index (χ2n) is 5.00. The normalized spacial score (nSPS) is 12.9. The summed E-state index contributed by atoms with van der Waals surface area (Å²) in [6.07, 6.45) is 4.71. The Morgan fingerprint density at radius 3 is 3.19 bits per heavy atom. The van der Waals surface area contributed by atoms with Crippen molar-refractivity contribution in [3.63, 3.8) is 0 Å². The molecule has 21 heavy (non-hydrogen) atoms. The van der Waals surface area contributed by atoms with Crippen LogP contribution in [-0.4, -0.2) is 12.5 Å². The number of nitriles is 1. The Morgan fingerprint density at radius 1 is 1.52 bits per heavy atom. The molecule has 108 valence electrons. The number of hydrogen-bond acceptors (Lipinski definition) is 4. The van der Waals surface area contributed by atoms with Crippen LogP contribution in [0.3, 0.4) is 0 Å². The fraction of sp³-hybridized carbons (Fsp3) is 0.333. The third-order valence-corrected chi connectivity index (χ3v) is 4.75. The van der Waals surface area contributed by atoms with E-state index in [0.29, 0.717) is 23.7 Å². The van der Waals surface area contributed by atoms with Gasteiger partial charge in [0.1, 0.15) is 17.6 Å². The molecule has 2 heterocycles. The van der Waals surface area contributed by atoms with E-state index >= 15 is 0 Å². The standard InChI is InChI=1S/C15H15N3O2S/c16-7-12-11-4-1-5-13(11)21-15(12)18-14(19)9-17-8-10-3-2-6-20-10/h2-3,6,17H,1,4-5,8-9H2,(H,18,19)/p+1. The van der Waals surface area contributed by atoms with Crippen LogP contribution in [-0.2, 0) is 24.2 Å². The Hall–Kier alpha value is -2.10. The number of fused-ring (bicyclic) bond motifs is 1.